The van der Waals surface area contributed by atoms with Crippen LogP contribution in [-0.4, -0.2) is 55.6 Å². The van der Waals surface area contributed by atoms with E-state index < -0.39 is 46.0 Å². The van der Waals surface area contributed by atoms with Crippen LogP contribution >= 0.6 is 0 Å². The molecule has 1 saturated carbocycles. The molecular weight excluding hydrogens is 428 g/mol. The predicted octanol–water partition coefficient (Wildman–Crippen LogP) is 0.747. The van der Waals surface area contributed by atoms with E-state index in [2.05, 4.69) is 22.4 Å². The van der Waals surface area contributed by atoms with Gasteiger partial charge in [-0.25, -0.2) is 18.0 Å². The van der Waals surface area contributed by atoms with E-state index >= 15 is 0 Å². The van der Waals surface area contributed by atoms with Gasteiger partial charge in [-0.3, -0.25) is 19.7 Å². The van der Waals surface area contributed by atoms with E-state index in [1.165, 1.54) is 24.3 Å². The number of nitrogens with zero attached hydrogens (tertiary/aromatic N) is 1. The second kappa shape index (κ2) is 8.53. The first-order valence-corrected chi connectivity index (χ1v) is 11.6. The fraction of sp³-hybridized carbons (Fsp3) is 0.474. The van der Waals surface area contributed by atoms with Gasteiger partial charge in [0, 0.05) is 0 Å². The smallest absolute Gasteiger partial charge is 0.344 e. The molecule has 1 saturated heterocycles. The van der Waals surface area contributed by atoms with E-state index in [-0.39, 0.29) is 11.3 Å². The van der Waals surface area contributed by atoms with Crippen LogP contribution in [0.5, 0.6) is 0 Å². The molecule has 1 aromatic rings. The number of imide groups is 1. The number of urea groups is 1. The van der Waals surface area contributed by atoms with Crippen LogP contribution in [0.1, 0.15) is 43.0 Å². The van der Waals surface area contributed by atoms with Gasteiger partial charge in [0.15, 0.2) is 6.61 Å². The summed E-state index contributed by atoms with van der Waals surface area (Å²) in [5.74, 6) is -1.91. The van der Waals surface area contributed by atoms with Crippen LogP contribution in [0.15, 0.2) is 24.3 Å². The van der Waals surface area contributed by atoms with Gasteiger partial charge in [-0.1, -0.05) is 19.1 Å². The largest absolute Gasteiger partial charge is 0.452 e. The van der Waals surface area contributed by atoms with Crippen molar-refractivity contribution in [3.63, 3.8) is 0 Å². The molecule has 3 rings (SSSR count). The second-order valence-electron chi connectivity index (χ2n) is 7.87. The van der Waals surface area contributed by atoms with E-state index in [4.69, 9.17) is 4.74 Å². The summed E-state index contributed by atoms with van der Waals surface area (Å²) in [5, 5.41) is 3.28. The van der Waals surface area contributed by atoms with Crippen molar-refractivity contribution < 1.29 is 32.3 Å². The fourth-order valence-electron chi connectivity index (χ4n) is 3.63. The van der Waals surface area contributed by atoms with Gasteiger partial charge in [-0.15, -0.1) is 0 Å². The summed E-state index contributed by atoms with van der Waals surface area (Å²) >= 11 is 0. The summed E-state index contributed by atoms with van der Waals surface area (Å²) in [6.45, 7) is 1.30. The maximum Gasteiger partial charge on any atom is 0.344 e. The summed E-state index contributed by atoms with van der Waals surface area (Å²) in [4.78, 5) is 49.4. The zero-order valence-corrected chi connectivity index (χ0v) is 18.0. The van der Waals surface area contributed by atoms with Crippen molar-refractivity contribution in [1.29, 1.82) is 0 Å². The molecule has 12 heteroatoms. The number of nitrogens with one attached hydrogen (secondary N) is 3. The van der Waals surface area contributed by atoms with Crippen molar-refractivity contribution in [1.82, 2.24) is 15.8 Å². The third-order valence-corrected chi connectivity index (χ3v) is 5.89. The summed E-state index contributed by atoms with van der Waals surface area (Å²) in [6.07, 6.45) is 3.48. The summed E-state index contributed by atoms with van der Waals surface area (Å²) in [5.41, 5.74) is 1.06. The quantitative estimate of drug-likeness (QED) is 0.425. The molecule has 0 atom stereocenters. The molecule has 31 heavy (non-hydrogen) atoms. The van der Waals surface area contributed by atoms with Gasteiger partial charge in [0.25, 0.3) is 11.8 Å². The van der Waals surface area contributed by atoms with Gasteiger partial charge < -0.3 is 10.1 Å². The summed E-state index contributed by atoms with van der Waals surface area (Å²) in [6, 6.07) is 4.99. The number of esters is 1. The molecule has 4 amide bonds. The van der Waals surface area contributed by atoms with Crippen molar-refractivity contribution in [3.8, 4) is 0 Å². The van der Waals surface area contributed by atoms with Gasteiger partial charge in [-0.05, 0) is 43.7 Å². The number of sulfonamides is 1. The lowest BCUT2D eigenvalue weighted by molar-refractivity contribution is -0.141. The Hall–Kier alpha value is -3.15. The van der Waals surface area contributed by atoms with E-state index in [9.17, 15) is 27.6 Å². The standard InChI is InChI=1S/C19H24N4O7S/c1-12-7-9-19(10-8-12)17(26)23(18(27)20-19)21-15(24)11-30-16(25)13-5-3-4-6-14(13)22-31(2,28)29/h3-6,12,22H,7-11H2,1-2H3,(H,20,27)(H,21,24). The number of anilines is 1. The Bertz CT molecular complexity index is 1020. The van der Waals surface area contributed by atoms with Crippen LogP contribution in [0.3, 0.4) is 0 Å². The molecule has 0 aromatic heterocycles. The lowest BCUT2D eigenvalue weighted by Crippen LogP contribution is -2.52. The van der Waals surface area contributed by atoms with Crippen molar-refractivity contribution in [2.45, 2.75) is 38.1 Å². The lowest BCUT2D eigenvalue weighted by atomic mass is 9.77. The Labute approximate surface area is 179 Å². The number of hydrogen-bond acceptors (Lipinski definition) is 7. The Kier molecular flexibility index (Phi) is 6.20. The third kappa shape index (κ3) is 5.13. The van der Waals surface area contributed by atoms with Crippen molar-refractivity contribution in [2.24, 2.45) is 5.92 Å². The number of carbonyl (C=O) groups excluding carboxylic acids is 4. The molecule has 2 fully saturated rings. The molecule has 11 nitrogen and oxygen atoms in total. The van der Waals surface area contributed by atoms with Crippen LogP contribution < -0.4 is 15.5 Å². The number of carbonyl (C=O) groups is 4. The normalized spacial score (nSPS) is 23.4. The van der Waals surface area contributed by atoms with E-state index in [1.54, 1.807) is 0 Å². The van der Waals surface area contributed by atoms with E-state index in [0.717, 1.165) is 19.1 Å². The van der Waals surface area contributed by atoms with Gasteiger partial charge in [0.2, 0.25) is 10.0 Å². The Balaban J connectivity index is 1.59. The maximum absolute atomic E-state index is 12.7. The molecule has 2 aliphatic rings. The molecule has 1 aliphatic carbocycles. The Morgan fingerprint density at radius 3 is 2.52 bits per heavy atom. The van der Waals surface area contributed by atoms with Crippen LogP contribution in [0.4, 0.5) is 10.5 Å². The monoisotopic (exact) mass is 452 g/mol. The van der Waals surface area contributed by atoms with Gasteiger partial charge in [0.05, 0.1) is 17.5 Å². The minimum Gasteiger partial charge on any atom is -0.452 e. The molecule has 1 spiro atoms. The highest BCUT2D eigenvalue weighted by atomic mass is 32.2. The zero-order valence-electron chi connectivity index (χ0n) is 17.1. The first-order chi connectivity index (χ1) is 14.5. The number of rotatable bonds is 6. The van der Waals surface area contributed by atoms with Crippen molar-refractivity contribution in [2.75, 3.05) is 17.6 Å². The predicted molar refractivity (Wildman–Crippen MR) is 109 cm³/mol. The number of para-hydroxylation sites is 1. The molecule has 0 unspecified atom stereocenters. The van der Waals surface area contributed by atoms with E-state index in [0.29, 0.717) is 23.8 Å². The summed E-state index contributed by atoms with van der Waals surface area (Å²) in [7, 11) is -3.64. The van der Waals surface area contributed by atoms with Gasteiger partial charge >= 0.3 is 12.0 Å². The highest BCUT2D eigenvalue weighted by Crippen LogP contribution is 2.35. The first kappa shape index (κ1) is 22.5. The van der Waals surface area contributed by atoms with Crippen LogP contribution in [0, 0.1) is 5.92 Å². The first-order valence-electron chi connectivity index (χ1n) is 9.71. The highest BCUT2D eigenvalue weighted by molar-refractivity contribution is 7.92. The number of amides is 4. The second-order valence-corrected chi connectivity index (χ2v) is 9.61. The summed E-state index contributed by atoms with van der Waals surface area (Å²) < 4.78 is 30.0. The van der Waals surface area contributed by atoms with Gasteiger partial charge in [-0.2, -0.15) is 5.01 Å². The van der Waals surface area contributed by atoms with Crippen LogP contribution in [0.2, 0.25) is 0 Å². The minimum absolute atomic E-state index is 0.00187. The molecule has 1 aromatic carbocycles. The third-order valence-electron chi connectivity index (χ3n) is 5.30. The maximum atomic E-state index is 12.7. The molecule has 0 radical (unpaired) electrons. The molecule has 3 N–H and O–H groups in total. The van der Waals surface area contributed by atoms with Crippen molar-refractivity contribution >= 4 is 39.5 Å². The average Bonchev–Trinajstić information content (AvgIpc) is 2.92. The van der Waals surface area contributed by atoms with E-state index in [1.807, 2.05) is 0 Å². The van der Waals surface area contributed by atoms with Crippen LogP contribution in [0.25, 0.3) is 0 Å². The minimum atomic E-state index is -3.64. The molecule has 1 heterocycles. The van der Waals surface area contributed by atoms with Crippen LogP contribution in [-0.2, 0) is 24.3 Å². The number of hydrogen-bond donors (Lipinski definition) is 3. The Morgan fingerprint density at radius 2 is 1.87 bits per heavy atom. The lowest BCUT2D eigenvalue weighted by Gasteiger charge is -2.33. The zero-order chi connectivity index (χ0) is 22.8. The fourth-order valence-corrected chi connectivity index (χ4v) is 4.21. The topological polar surface area (TPSA) is 151 Å². The van der Waals surface area contributed by atoms with Crippen molar-refractivity contribution in [3.05, 3.63) is 29.8 Å². The Morgan fingerprint density at radius 1 is 1.23 bits per heavy atom. The highest BCUT2D eigenvalue weighted by Gasteiger charge is 2.52. The number of benzene rings is 1. The number of ether oxygens (including phenoxy) is 1. The average molecular weight is 452 g/mol. The molecule has 0 bridgehead atoms. The molecule has 168 valence electrons. The SMILES string of the molecule is CC1CCC2(CC1)NC(=O)N(NC(=O)COC(=O)c1ccccc1NS(C)(=O)=O)C2=O. The molecular formula is C19H24N4O7S. The van der Waals surface area contributed by atoms with Gasteiger partial charge in [0.1, 0.15) is 5.54 Å². The molecule has 1 aliphatic heterocycles. The number of hydrazine groups is 1.